The van der Waals surface area contributed by atoms with Crippen LogP contribution in [0.1, 0.15) is 18.4 Å². The Kier molecular flexibility index (Phi) is 5.94. The van der Waals surface area contributed by atoms with Gasteiger partial charge in [-0.25, -0.2) is 13.6 Å². The van der Waals surface area contributed by atoms with Crippen LogP contribution in [-0.4, -0.2) is 26.9 Å². The van der Waals surface area contributed by atoms with Crippen LogP contribution >= 0.6 is 12.4 Å². The highest BCUT2D eigenvalue weighted by atomic mass is 35.5. The Bertz CT molecular complexity index is 571. The zero-order valence-corrected chi connectivity index (χ0v) is 12.5. The van der Waals surface area contributed by atoms with Crippen LogP contribution < -0.4 is 15.8 Å². The van der Waals surface area contributed by atoms with Gasteiger partial charge < -0.3 is 10.6 Å². The van der Waals surface area contributed by atoms with E-state index in [2.05, 4.69) is 10.6 Å². The van der Waals surface area contributed by atoms with Gasteiger partial charge in [-0.05, 0) is 37.1 Å². The van der Waals surface area contributed by atoms with Crippen LogP contribution in [0.2, 0.25) is 0 Å². The predicted octanol–water partition coefficient (Wildman–Crippen LogP) is 0.587. The molecule has 8 heteroatoms. The van der Waals surface area contributed by atoms with Crippen LogP contribution in [0.3, 0.4) is 0 Å². The predicted molar refractivity (Wildman–Crippen MR) is 80.2 cm³/mol. The summed E-state index contributed by atoms with van der Waals surface area (Å²) in [6.07, 6.45) is 1.81. The van der Waals surface area contributed by atoms with Crippen LogP contribution in [0.4, 0.5) is 5.69 Å². The lowest BCUT2D eigenvalue weighted by Gasteiger charge is -2.11. The summed E-state index contributed by atoms with van der Waals surface area (Å²) in [5.74, 6) is -0.330. The molecule has 1 saturated heterocycles. The normalized spacial score (nSPS) is 18.4. The monoisotopic (exact) mass is 319 g/mol. The smallest absolute Gasteiger partial charge is 0.241 e. The molecule has 2 rings (SSSR count). The first-order chi connectivity index (χ1) is 8.94. The maximum Gasteiger partial charge on any atom is 0.241 e. The highest BCUT2D eigenvalue weighted by Crippen LogP contribution is 2.14. The van der Waals surface area contributed by atoms with Crippen LogP contribution in [0.5, 0.6) is 0 Å². The Labute approximate surface area is 124 Å². The molecule has 20 heavy (non-hydrogen) atoms. The van der Waals surface area contributed by atoms with Gasteiger partial charge >= 0.3 is 0 Å². The van der Waals surface area contributed by atoms with E-state index in [0.29, 0.717) is 11.3 Å². The summed E-state index contributed by atoms with van der Waals surface area (Å²) in [4.78, 5) is 11.9. The van der Waals surface area contributed by atoms with Gasteiger partial charge in [0.15, 0.2) is 0 Å². The molecule has 1 fully saturated rings. The second-order valence-electron chi connectivity index (χ2n) is 4.65. The minimum absolute atomic E-state index is 0. The van der Waals surface area contributed by atoms with Gasteiger partial charge in [0.25, 0.3) is 0 Å². The SMILES string of the molecule is Cl.NS(=O)(=O)Cc1cccc(NC(=O)C2CCCN2)c1. The number of halogens is 1. The van der Waals surface area contributed by atoms with Crippen molar-refractivity contribution in [1.29, 1.82) is 0 Å². The molecule has 1 aromatic carbocycles. The van der Waals surface area contributed by atoms with Crippen molar-refractivity contribution in [3.05, 3.63) is 29.8 Å². The van der Waals surface area contributed by atoms with Crippen LogP contribution in [0, 0.1) is 0 Å². The summed E-state index contributed by atoms with van der Waals surface area (Å²) in [5, 5.41) is 10.9. The second-order valence-corrected chi connectivity index (χ2v) is 6.26. The number of primary sulfonamides is 1. The molecule has 1 aliphatic rings. The third-order valence-electron chi connectivity index (χ3n) is 2.94. The summed E-state index contributed by atoms with van der Waals surface area (Å²) in [5.41, 5.74) is 1.14. The number of hydrogen-bond acceptors (Lipinski definition) is 4. The number of anilines is 1. The number of hydrogen-bond donors (Lipinski definition) is 3. The average Bonchev–Trinajstić information content (AvgIpc) is 2.80. The standard InChI is InChI=1S/C12H17N3O3S.ClH/c13-19(17,18)8-9-3-1-4-10(7-9)15-12(16)11-5-2-6-14-11;/h1,3-4,7,11,14H,2,5-6,8H2,(H,15,16)(H2,13,17,18);1H. The Balaban J connectivity index is 0.00000200. The maximum absolute atomic E-state index is 11.9. The van der Waals surface area contributed by atoms with Crippen molar-refractivity contribution in [2.45, 2.75) is 24.6 Å². The molecule has 1 aliphatic heterocycles. The lowest BCUT2D eigenvalue weighted by atomic mass is 10.2. The van der Waals surface area contributed by atoms with Crippen LogP contribution in [-0.2, 0) is 20.6 Å². The summed E-state index contributed by atoms with van der Waals surface area (Å²) >= 11 is 0. The Morgan fingerprint density at radius 2 is 2.20 bits per heavy atom. The van der Waals surface area contributed by atoms with Gasteiger partial charge in [-0.2, -0.15) is 0 Å². The number of nitrogens with one attached hydrogen (secondary N) is 2. The quantitative estimate of drug-likeness (QED) is 0.756. The van der Waals surface area contributed by atoms with Crippen molar-refractivity contribution in [2.75, 3.05) is 11.9 Å². The first-order valence-electron chi connectivity index (χ1n) is 6.08. The van der Waals surface area contributed by atoms with E-state index in [0.717, 1.165) is 19.4 Å². The van der Waals surface area contributed by atoms with Crippen molar-refractivity contribution in [2.24, 2.45) is 5.14 Å². The number of carbonyl (C=O) groups excluding carboxylic acids is 1. The molecule has 1 aromatic rings. The molecule has 0 aliphatic carbocycles. The van der Waals surface area contributed by atoms with E-state index < -0.39 is 10.0 Å². The second kappa shape index (κ2) is 7.03. The highest BCUT2D eigenvalue weighted by molar-refractivity contribution is 7.88. The van der Waals surface area contributed by atoms with E-state index in [1.165, 1.54) is 0 Å². The number of carbonyl (C=O) groups is 1. The minimum atomic E-state index is -3.56. The van der Waals surface area contributed by atoms with Gasteiger partial charge in [-0.15, -0.1) is 12.4 Å². The molecule has 1 atom stereocenters. The largest absolute Gasteiger partial charge is 0.325 e. The molecule has 0 radical (unpaired) electrons. The molecule has 112 valence electrons. The Hall–Kier alpha value is -1.15. The summed E-state index contributed by atoms with van der Waals surface area (Å²) in [6.45, 7) is 0.851. The highest BCUT2D eigenvalue weighted by Gasteiger charge is 2.21. The summed E-state index contributed by atoms with van der Waals surface area (Å²) in [7, 11) is -3.56. The number of amides is 1. The van der Waals surface area contributed by atoms with Crippen molar-refractivity contribution in [3.8, 4) is 0 Å². The molecule has 0 bridgehead atoms. The molecule has 1 unspecified atom stereocenters. The number of nitrogens with two attached hydrogens (primary N) is 1. The van der Waals surface area contributed by atoms with Crippen LogP contribution in [0.15, 0.2) is 24.3 Å². The van der Waals surface area contributed by atoms with Gasteiger partial charge in [-0.3, -0.25) is 4.79 Å². The molecule has 0 aromatic heterocycles. The number of benzene rings is 1. The fraction of sp³-hybridized carbons (Fsp3) is 0.417. The zero-order chi connectivity index (χ0) is 13.9. The van der Waals surface area contributed by atoms with Crippen molar-refractivity contribution in [3.63, 3.8) is 0 Å². The van der Waals surface area contributed by atoms with Gasteiger partial charge in [-0.1, -0.05) is 12.1 Å². The van der Waals surface area contributed by atoms with E-state index in [9.17, 15) is 13.2 Å². The van der Waals surface area contributed by atoms with E-state index in [1.807, 2.05) is 0 Å². The fourth-order valence-electron chi connectivity index (χ4n) is 2.11. The Morgan fingerprint density at radius 3 is 2.80 bits per heavy atom. The average molecular weight is 320 g/mol. The van der Waals surface area contributed by atoms with Gasteiger partial charge in [0.1, 0.15) is 0 Å². The van der Waals surface area contributed by atoms with Crippen molar-refractivity contribution >= 4 is 34.0 Å². The molecule has 1 heterocycles. The lowest BCUT2D eigenvalue weighted by molar-refractivity contribution is -0.117. The molecular weight excluding hydrogens is 302 g/mol. The lowest BCUT2D eigenvalue weighted by Crippen LogP contribution is -2.35. The third-order valence-corrected chi connectivity index (χ3v) is 3.67. The molecule has 1 amide bonds. The van der Waals surface area contributed by atoms with Crippen molar-refractivity contribution < 1.29 is 13.2 Å². The molecule has 0 spiro atoms. The van der Waals surface area contributed by atoms with Crippen LogP contribution in [0.25, 0.3) is 0 Å². The number of sulfonamides is 1. The van der Waals surface area contributed by atoms with E-state index in [4.69, 9.17) is 5.14 Å². The summed E-state index contributed by atoms with van der Waals surface area (Å²) < 4.78 is 22.0. The maximum atomic E-state index is 11.9. The number of rotatable bonds is 4. The topological polar surface area (TPSA) is 101 Å². The molecule has 0 saturated carbocycles. The van der Waals surface area contributed by atoms with E-state index >= 15 is 0 Å². The minimum Gasteiger partial charge on any atom is -0.325 e. The fourth-order valence-corrected chi connectivity index (χ4v) is 2.75. The molecular formula is C12H18ClN3O3S. The zero-order valence-electron chi connectivity index (χ0n) is 10.8. The first-order valence-corrected chi connectivity index (χ1v) is 7.79. The van der Waals surface area contributed by atoms with Crippen molar-refractivity contribution in [1.82, 2.24) is 5.32 Å². The van der Waals surface area contributed by atoms with E-state index in [-0.39, 0.29) is 30.1 Å². The molecule has 4 N–H and O–H groups in total. The van der Waals surface area contributed by atoms with E-state index in [1.54, 1.807) is 24.3 Å². The Morgan fingerprint density at radius 1 is 1.45 bits per heavy atom. The van der Waals surface area contributed by atoms with Gasteiger partial charge in [0.05, 0.1) is 11.8 Å². The van der Waals surface area contributed by atoms with Gasteiger partial charge in [0.2, 0.25) is 15.9 Å². The summed E-state index contributed by atoms with van der Waals surface area (Å²) in [6, 6.07) is 6.53. The third kappa shape index (κ3) is 5.09. The first kappa shape index (κ1) is 16.9. The molecule has 6 nitrogen and oxygen atoms in total. The van der Waals surface area contributed by atoms with Gasteiger partial charge in [0, 0.05) is 5.69 Å².